The SMILES string of the molecule is C1=CCC(c2cc(-c3nc(-c4ccc5ccccc5c4)nc(-c4ccc5c(c4)oc4ccccc45)n3)c3c(c2)oc2ccccc23)C=C1. The monoisotopic (exact) mass is 617 g/mol. The number of hydrogen-bond donors (Lipinski definition) is 0. The highest BCUT2D eigenvalue weighted by atomic mass is 16.3. The lowest BCUT2D eigenvalue weighted by Crippen LogP contribution is -2.02. The molecule has 0 bridgehead atoms. The van der Waals surface area contributed by atoms with E-state index in [0.717, 1.165) is 77.9 Å². The molecular weight excluding hydrogens is 590 g/mol. The van der Waals surface area contributed by atoms with E-state index in [2.05, 4.69) is 103 Å². The first kappa shape index (κ1) is 26.8. The van der Waals surface area contributed by atoms with Crippen LogP contribution < -0.4 is 0 Å². The highest BCUT2D eigenvalue weighted by Crippen LogP contribution is 2.40. The van der Waals surface area contributed by atoms with Gasteiger partial charge in [0.1, 0.15) is 22.3 Å². The van der Waals surface area contributed by atoms with E-state index in [4.69, 9.17) is 23.8 Å². The highest BCUT2D eigenvalue weighted by molar-refractivity contribution is 6.12. The first-order valence-electron chi connectivity index (χ1n) is 16.2. The molecule has 226 valence electrons. The van der Waals surface area contributed by atoms with Crippen molar-refractivity contribution in [3.05, 3.63) is 151 Å². The van der Waals surface area contributed by atoms with Gasteiger partial charge in [-0.15, -0.1) is 0 Å². The summed E-state index contributed by atoms with van der Waals surface area (Å²) in [4.78, 5) is 15.5. The summed E-state index contributed by atoms with van der Waals surface area (Å²) in [5.41, 5.74) is 7.18. The minimum atomic E-state index is 0.225. The Balaban J connectivity index is 1.24. The second-order valence-electron chi connectivity index (χ2n) is 12.4. The molecule has 3 aromatic heterocycles. The molecule has 1 aliphatic rings. The molecule has 1 unspecified atom stereocenters. The lowest BCUT2D eigenvalue weighted by molar-refractivity contribution is 0.667. The Bertz CT molecular complexity index is 2780. The third-order valence-corrected chi connectivity index (χ3v) is 9.43. The Morgan fingerprint density at radius 2 is 1.17 bits per heavy atom. The van der Waals surface area contributed by atoms with E-state index in [-0.39, 0.29) is 5.92 Å². The van der Waals surface area contributed by atoms with E-state index in [0.29, 0.717) is 17.5 Å². The fourth-order valence-corrected chi connectivity index (χ4v) is 7.04. The number of rotatable bonds is 4. The van der Waals surface area contributed by atoms with Crippen LogP contribution in [0.3, 0.4) is 0 Å². The largest absolute Gasteiger partial charge is 0.456 e. The molecule has 10 rings (SSSR count). The topological polar surface area (TPSA) is 65.0 Å². The number of nitrogens with zero attached hydrogens (tertiary/aromatic N) is 3. The Labute approximate surface area is 275 Å². The Morgan fingerprint density at radius 1 is 0.500 bits per heavy atom. The van der Waals surface area contributed by atoms with Gasteiger partial charge in [0.25, 0.3) is 0 Å². The zero-order valence-electron chi connectivity index (χ0n) is 25.8. The van der Waals surface area contributed by atoms with Gasteiger partial charge in [-0.05, 0) is 65.2 Å². The zero-order valence-corrected chi connectivity index (χ0v) is 25.8. The number of fused-ring (bicyclic) bond motifs is 7. The molecule has 0 N–H and O–H groups in total. The number of hydrogen-bond acceptors (Lipinski definition) is 5. The van der Waals surface area contributed by atoms with E-state index in [9.17, 15) is 0 Å². The lowest BCUT2D eigenvalue weighted by atomic mass is 9.90. The molecule has 9 aromatic rings. The van der Waals surface area contributed by atoms with Gasteiger partial charge in [-0.1, -0.05) is 103 Å². The van der Waals surface area contributed by atoms with Crippen LogP contribution in [-0.2, 0) is 0 Å². The van der Waals surface area contributed by atoms with Crippen molar-refractivity contribution in [1.82, 2.24) is 15.0 Å². The van der Waals surface area contributed by atoms with E-state index >= 15 is 0 Å². The van der Waals surface area contributed by atoms with Crippen molar-refractivity contribution in [3.63, 3.8) is 0 Å². The molecule has 0 fully saturated rings. The van der Waals surface area contributed by atoms with Crippen LogP contribution in [0, 0.1) is 0 Å². The third kappa shape index (κ3) is 4.36. The predicted molar refractivity (Wildman–Crippen MR) is 194 cm³/mol. The van der Waals surface area contributed by atoms with Crippen molar-refractivity contribution >= 4 is 54.6 Å². The Hall–Kier alpha value is -6.33. The van der Waals surface area contributed by atoms with Crippen LogP contribution in [0.25, 0.3) is 88.8 Å². The van der Waals surface area contributed by atoms with Crippen molar-refractivity contribution in [2.75, 3.05) is 0 Å². The Kier molecular flexibility index (Phi) is 5.93. The van der Waals surface area contributed by atoms with Gasteiger partial charge in [0.05, 0.1) is 0 Å². The Morgan fingerprint density at radius 3 is 2.00 bits per heavy atom. The highest BCUT2D eigenvalue weighted by Gasteiger charge is 2.22. The third-order valence-electron chi connectivity index (χ3n) is 9.43. The molecule has 6 aromatic carbocycles. The van der Waals surface area contributed by atoms with E-state index < -0.39 is 0 Å². The molecule has 0 saturated carbocycles. The van der Waals surface area contributed by atoms with Gasteiger partial charge < -0.3 is 8.83 Å². The maximum absolute atomic E-state index is 6.48. The molecular formula is C43H27N3O2. The van der Waals surface area contributed by atoms with Crippen LogP contribution in [0.4, 0.5) is 0 Å². The summed E-state index contributed by atoms with van der Waals surface area (Å²) in [6.45, 7) is 0. The van der Waals surface area contributed by atoms with Gasteiger partial charge in [0, 0.05) is 44.2 Å². The molecule has 0 aliphatic heterocycles. The number of allylic oxidation sites excluding steroid dienone is 4. The lowest BCUT2D eigenvalue weighted by Gasteiger charge is -2.16. The van der Waals surface area contributed by atoms with Gasteiger partial charge in [-0.25, -0.2) is 15.0 Å². The van der Waals surface area contributed by atoms with Gasteiger partial charge in [-0.2, -0.15) is 0 Å². The van der Waals surface area contributed by atoms with Crippen LogP contribution in [0.5, 0.6) is 0 Å². The van der Waals surface area contributed by atoms with Crippen LogP contribution in [0.2, 0.25) is 0 Å². The molecule has 0 spiro atoms. The minimum Gasteiger partial charge on any atom is -0.456 e. The van der Waals surface area contributed by atoms with E-state index in [1.54, 1.807) is 0 Å². The molecule has 5 heteroatoms. The first-order valence-corrected chi connectivity index (χ1v) is 16.2. The standard InChI is InChI=1S/C43H27N3O2/c1-2-10-26(11-3-1)31-23-35(40-34-15-7-9-17-37(34)48-39(40)25-31)43-45-41(29-19-18-27-12-4-5-13-28(27)22-29)44-42(46-43)30-20-21-33-32-14-6-8-16-36(32)47-38(33)24-30/h1-10,12-26H,11H2. The fraction of sp³-hybridized carbons (Fsp3) is 0.0465. The number of para-hydroxylation sites is 2. The smallest absolute Gasteiger partial charge is 0.164 e. The molecule has 0 saturated heterocycles. The van der Waals surface area contributed by atoms with Crippen LogP contribution in [0.1, 0.15) is 17.9 Å². The summed E-state index contributed by atoms with van der Waals surface area (Å²) < 4.78 is 12.8. The molecule has 0 radical (unpaired) electrons. The number of furan rings is 2. The molecule has 0 amide bonds. The summed E-state index contributed by atoms with van der Waals surface area (Å²) in [5, 5.41) is 6.48. The van der Waals surface area contributed by atoms with E-state index in [1.807, 2.05) is 42.5 Å². The molecule has 48 heavy (non-hydrogen) atoms. The molecule has 5 nitrogen and oxygen atoms in total. The van der Waals surface area contributed by atoms with Crippen molar-refractivity contribution in [2.45, 2.75) is 12.3 Å². The molecule has 1 aliphatic carbocycles. The maximum atomic E-state index is 6.48. The van der Waals surface area contributed by atoms with Crippen molar-refractivity contribution in [3.8, 4) is 34.2 Å². The van der Waals surface area contributed by atoms with Crippen molar-refractivity contribution in [1.29, 1.82) is 0 Å². The summed E-state index contributed by atoms with van der Waals surface area (Å²) >= 11 is 0. The summed E-state index contributed by atoms with van der Waals surface area (Å²) in [7, 11) is 0. The van der Waals surface area contributed by atoms with Gasteiger partial charge >= 0.3 is 0 Å². The fourth-order valence-electron chi connectivity index (χ4n) is 7.04. The van der Waals surface area contributed by atoms with Crippen LogP contribution in [-0.4, -0.2) is 15.0 Å². The quantitative estimate of drug-likeness (QED) is 0.197. The summed E-state index contributed by atoms with van der Waals surface area (Å²) in [6.07, 6.45) is 9.59. The second kappa shape index (κ2) is 10.6. The summed E-state index contributed by atoms with van der Waals surface area (Å²) in [6, 6.07) is 41.6. The van der Waals surface area contributed by atoms with Gasteiger partial charge in [0.15, 0.2) is 17.5 Å². The number of aromatic nitrogens is 3. The zero-order chi connectivity index (χ0) is 31.6. The average Bonchev–Trinajstić information content (AvgIpc) is 3.72. The predicted octanol–water partition coefficient (Wildman–Crippen LogP) is 11.4. The van der Waals surface area contributed by atoms with Crippen molar-refractivity contribution < 1.29 is 8.83 Å². The normalized spacial score (nSPS) is 14.6. The van der Waals surface area contributed by atoms with Crippen LogP contribution >= 0.6 is 0 Å². The molecule has 1 atom stereocenters. The van der Waals surface area contributed by atoms with Crippen LogP contribution in [0.15, 0.2) is 154 Å². The molecule has 3 heterocycles. The summed E-state index contributed by atoms with van der Waals surface area (Å²) in [5.74, 6) is 2.01. The second-order valence-corrected chi connectivity index (χ2v) is 12.4. The number of benzene rings is 6. The van der Waals surface area contributed by atoms with Crippen molar-refractivity contribution in [2.24, 2.45) is 0 Å². The van der Waals surface area contributed by atoms with E-state index in [1.165, 1.54) is 5.39 Å². The van der Waals surface area contributed by atoms with Gasteiger partial charge in [0.2, 0.25) is 0 Å². The minimum absolute atomic E-state index is 0.225. The average molecular weight is 618 g/mol. The van der Waals surface area contributed by atoms with Gasteiger partial charge in [-0.3, -0.25) is 0 Å². The maximum Gasteiger partial charge on any atom is 0.164 e. The first-order chi connectivity index (χ1) is 23.7.